The van der Waals surface area contributed by atoms with E-state index in [0.717, 1.165) is 12.8 Å². The van der Waals surface area contributed by atoms with Gasteiger partial charge in [0.15, 0.2) is 0 Å². The van der Waals surface area contributed by atoms with Gasteiger partial charge in [0, 0.05) is 24.4 Å². The van der Waals surface area contributed by atoms with E-state index in [1.165, 1.54) is 0 Å². The maximum absolute atomic E-state index is 12.4. The minimum Gasteiger partial charge on any atom is -0.326 e. The summed E-state index contributed by atoms with van der Waals surface area (Å²) in [4.78, 5) is 36.7. The van der Waals surface area contributed by atoms with Crippen LogP contribution >= 0.6 is 23.2 Å². The monoisotopic (exact) mass is 385 g/mol. The molecule has 1 amide bonds. The Balaban J connectivity index is 2.60. The molecule has 0 radical (unpaired) electrons. The van der Waals surface area contributed by atoms with E-state index in [-0.39, 0.29) is 36.2 Å². The summed E-state index contributed by atoms with van der Waals surface area (Å²) in [5.41, 5.74) is 0.521. The van der Waals surface area contributed by atoms with E-state index in [1.807, 2.05) is 6.92 Å². The van der Waals surface area contributed by atoms with Gasteiger partial charge < -0.3 is 5.32 Å². The minimum absolute atomic E-state index is 0.0348. The number of hydrogen-bond acceptors (Lipinski definition) is 3. The van der Waals surface area contributed by atoms with Gasteiger partial charge in [-0.05, 0) is 24.6 Å². The lowest BCUT2D eigenvalue weighted by Gasteiger charge is -2.16. The van der Waals surface area contributed by atoms with Crippen LogP contribution < -0.4 is 5.32 Å². The third-order valence-electron chi connectivity index (χ3n) is 3.95. The SMILES string of the molecule is CCCC[C@H](C(=O)CCC(=O)Nc1ccc(Cl)c(Cl)c1)C(=O)C(C)C. The fraction of sp³-hybridized carbons (Fsp3) is 0.526. The summed E-state index contributed by atoms with van der Waals surface area (Å²) in [7, 11) is 0. The van der Waals surface area contributed by atoms with Crippen molar-refractivity contribution in [1.82, 2.24) is 0 Å². The lowest BCUT2D eigenvalue weighted by Crippen LogP contribution is -2.28. The Hall–Kier alpha value is -1.39. The summed E-state index contributed by atoms with van der Waals surface area (Å²) in [6, 6.07) is 4.78. The van der Waals surface area contributed by atoms with E-state index in [1.54, 1.807) is 32.0 Å². The number of Topliss-reactive ketones (excluding diaryl/α,β-unsaturated/α-hetero) is 2. The molecule has 0 aliphatic carbocycles. The van der Waals surface area contributed by atoms with Crippen LogP contribution in [0.5, 0.6) is 0 Å². The number of hydrogen-bond donors (Lipinski definition) is 1. The Morgan fingerprint density at radius 1 is 1.08 bits per heavy atom. The van der Waals surface area contributed by atoms with Crippen molar-refractivity contribution >= 4 is 46.4 Å². The van der Waals surface area contributed by atoms with Crippen molar-refractivity contribution in [3.8, 4) is 0 Å². The second-order valence-electron chi connectivity index (χ2n) is 6.40. The Morgan fingerprint density at radius 2 is 1.76 bits per heavy atom. The van der Waals surface area contributed by atoms with Gasteiger partial charge in [-0.2, -0.15) is 0 Å². The van der Waals surface area contributed by atoms with Crippen molar-refractivity contribution in [2.24, 2.45) is 11.8 Å². The second-order valence-corrected chi connectivity index (χ2v) is 7.21. The third-order valence-corrected chi connectivity index (χ3v) is 4.69. The molecule has 6 heteroatoms. The highest BCUT2D eigenvalue weighted by Gasteiger charge is 2.27. The standard InChI is InChI=1S/C19H25Cl2NO3/c1-4-5-6-14(19(25)12(2)3)17(23)9-10-18(24)22-13-7-8-15(20)16(21)11-13/h7-8,11-12,14H,4-6,9-10H2,1-3H3,(H,22,24)/t14-/m1/s1. The smallest absolute Gasteiger partial charge is 0.224 e. The van der Waals surface area contributed by atoms with Crippen molar-refractivity contribution in [2.45, 2.75) is 52.9 Å². The molecule has 138 valence electrons. The van der Waals surface area contributed by atoms with Crippen LogP contribution in [0.15, 0.2) is 18.2 Å². The van der Waals surface area contributed by atoms with Crippen LogP contribution in [0.1, 0.15) is 52.9 Å². The molecule has 0 aliphatic heterocycles. The van der Waals surface area contributed by atoms with Gasteiger partial charge in [-0.1, -0.05) is 56.8 Å². The van der Waals surface area contributed by atoms with Gasteiger partial charge in [0.1, 0.15) is 11.6 Å². The summed E-state index contributed by atoms with van der Waals surface area (Å²) in [6.07, 6.45) is 2.39. The molecule has 0 aliphatic rings. The minimum atomic E-state index is -0.599. The Labute approximate surface area is 159 Å². The average Bonchev–Trinajstić information content (AvgIpc) is 2.56. The fourth-order valence-corrected chi connectivity index (χ4v) is 2.78. The predicted molar refractivity (Wildman–Crippen MR) is 102 cm³/mol. The molecule has 0 bridgehead atoms. The van der Waals surface area contributed by atoms with E-state index >= 15 is 0 Å². The number of anilines is 1. The molecule has 1 rings (SSSR count). The van der Waals surface area contributed by atoms with Crippen LogP contribution in [0.25, 0.3) is 0 Å². The molecule has 0 aromatic heterocycles. The molecule has 1 aromatic carbocycles. The Morgan fingerprint density at radius 3 is 2.32 bits per heavy atom. The van der Waals surface area contributed by atoms with Crippen molar-refractivity contribution in [3.63, 3.8) is 0 Å². The van der Waals surface area contributed by atoms with Crippen LogP contribution in [0.3, 0.4) is 0 Å². The Bertz CT molecular complexity index is 629. The van der Waals surface area contributed by atoms with Gasteiger partial charge in [-0.3, -0.25) is 14.4 Å². The second kappa shape index (κ2) is 10.6. The van der Waals surface area contributed by atoms with Gasteiger partial charge in [0.25, 0.3) is 0 Å². The molecule has 0 saturated heterocycles. The zero-order valence-corrected chi connectivity index (χ0v) is 16.4. The number of halogens is 2. The number of benzene rings is 1. The highest BCUT2D eigenvalue weighted by molar-refractivity contribution is 6.42. The number of nitrogens with one attached hydrogen (secondary N) is 1. The first-order valence-electron chi connectivity index (χ1n) is 8.57. The van der Waals surface area contributed by atoms with Gasteiger partial charge in [-0.25, -0.2) is 0 Å². The van der Waals surface area contributed by atoms with E-state index in [4.69, 9.17) is 23.2 Å². The van der Waals surface area contributed by atoms with E-state index in [2.05, 4.69) is 5.32 Å². The first-order valence-corrected chi connectivity index (χ1v) is 9.33. The van der Waals surface area contributed by atoms with Crippen LogP contribution in [-0.4, -0.2) is 17.5 Å². The largest absolute Gasteiger partial charge is 0.326 e. The van der Waals surface area contributed by atoms with E-state index in [9.17, 15) is 14.4 Å². The molecular formula is C19H25Cl2NO3. The molecule has 0 unspecified atom stereocenters. The zero-order chi connectivity index (χ0) is 19.0. The molecule has 0 saturated carbocycles. The number of unbranched alkanes of at least 4 members (excludes halogenated alkanes) is 1. The van der Waals surface area contributed by atoms with Crippen LogP contribution in [0.4, 0.5) is 5.69 Å². The van der Waals surface area contributed by atoms with Crippen LogP contribution in [-0.2, 0) is 14.4 Å². The Kier molecular flexibility index (Phi) is 9.15. The summed E-state index contributed by atoms with van der Waals surface area (Å²) in [5, 5.41) is 3.43. The van der Waals surface area contributed by atoms with E-state index in [0.29, 0.717) is 22.2 Å². The molecule has 0 spiro atoms. The predicted octanol–water partition coefficient (Wildman–Crippen LogP) is 5.31. The quantitative estimate of drug-likeness (QED) is 0.554. The zero-order valence-electron chi connectivity index (χ0n) is 14.9. The number of carbonyl (C=O) groups is 3. The van der Waals surface area contributed by atoms with Crippen molar-refractivity contribution in [1.29, 1.82) is 0 Å². The van der Waals surface area contributed by atoms with Gasteiger partial charge in [-0.15, -0.1) is 0 Å². The highest BCUT2D eigenvalue weighted by Crippen LogP contribution is 2.25. The van der Waals surface area contributed by atoms with Crippen LogP contribution in [0.2, 0.25) is 10.0 Å². The molecule has 1 atom stereocenters. The van der Waals surface area contributed by atoms with Crippen LogP contribution in [0, 0.1) is 11.8 Å². The molecule has 1 aromatic rings. The fourth-order valence-electron chi connectivity index (χ4n) is 2.48. The molecule has 4 nitrogen and oxygen atoms in total. The number of carbonyl (C=O) groups excluding carboxylic acids is 3. The number of amides is 1. The maximum atomic E-state index is 12.4. The summed E-state index contributed by atoms with van der Waals surface area (Å²) in [5.74, 6) is -1.27. The van der Waals surface area contributed by atoms with Gasteiger partial charge in [0.2, 0.25) is 5.91 Å². The van der Waals surface area contributed by atoms with Crippen molar-refractivity contribution < 1.29 is 14.4 Å². The third kappa shape index (κ3) is 7.17. The normalized spacial score (nSPS) is 12.1. The number of ketones is 2. The van der Waals surface area contributed by atoms with Crippen molar-refractivity contribution in [3.05, 3.63) is 28.2 Å². The molecule has 25 heavy (non-hydrogen) atoms. The van der Waals surface area contributed by atoms with Gasteiger partial charge >= 0.3 is 0 Å². The topological polar surface area (TPSA) is 63.2 Å². The first-order chi connectivity index (χ1) is 11.8. The van der Waals surface area contributed by atoms with Gasteiger partial charge in [0.05, 0.1) is 16.0 Å². The molecular weight excluding hydrogens is 361 g/mol. The van der Waals surface area contributed by atoms with E-state index < -0.39 is 5.92 Å². The lowest BCUT2D eigenvalue weighted by molar-refractivity contribution is -0.135. The highest BCUT2D eigenvalue weighted by atomic mass is 35.5. The molecule has 1 N–H and O–H groups in total. The summed E-state index contributed by atoms with van der Waals surface area (Å²) < 4.78 is 0. The molecule has 0 heterocycles. The summed E-state index contributed by atoms with van der Waals surface area (Å²) >= 11 is 11.7. The average molecular weight is 386 g/mol. The molecule has 0 fully saturated rings. The lowest BCUT2D eigenvalue weighted by atomic mass is 9.86. The maximum Gasteiger partial charge on any atom is 0.224 e. The van der Waals surface area contributed by atoms with Crippen molar-refractivity contribution in [2.75, 3.05) is 5.32 Å². The number of rotatable bonds is 10. The summed E-state index contributed by atoms with van der Waals surface area (Å²) in [6.45, 7) is 5.61. The first kappa shape index (κ1) is 21.7.